The lowest BCUT2D eigenvalue weighted by atomic mass is 10.1. The van der Waals surface area contributed by atoms with Crippen LogP contribution in [0.5, 0.6) is 0 Å². The number of nitrogens with two attached hydrogens (primary N) is 1. The van der Waals surface area contributed by atoms with Crippen LogP contribution in [0.3, 0.4) is 0 Å². The number of aromatic nitrogens is 2. The normalized spacial score (nSPS) is 17.6. The number of nitrogens with one attached hydrogen (secondary N) is 1. The number of aryl methyl sites for hydroxylation is 1. The first-order valence-electron chi connectivity index (χ1n) is 6.97. The van der Waals surface area contributed by atoms with Crippen molar-refractivity contribution in [3.05, 3.63) is 18.0 Å². The van der Waals surface area contributed by atoms with E-state index in [2.05, 4.69) is 10.4 Å². The number of piperazine rings is 1. The van der Waals surface area contributed by atoms with Crippen LogP contribution in [0.15, 0.2) is 12.4 Å². The van der Waals surface area contributed by atoms with Gasteiger partial charge >= 0.3 is 0 Å². The molecule has 1 aromatic rings. The number of hydrogen-bond acceptors (Lipinski definition) is 5. The molecule has 3 N–H and O–H groups in total. The Morgan fingerprint density at radius 3 is 2.57 bits per heavy atom. The fourth-order valence-electron chi connectivity index (χ4n) is 2.35. The van der Waals surface area contributed by atoms with Gasteiger partial charge in [0.05, 0.1) is 12.7 Å². The Hall–Kier alpha value is -1.93. The fraction of sp³-hybridized carbons (Fsp3) is 0.615. The topological polar surface area (TPSA) is 96.5 Å². The third-order valence-electron chi connectivity index (χ3n) is 3.68. The highest BCUT2D eigenvalue weighted by Crippen LogP contribution is 2.13. The molecule has 8 nitrogen and oxygen atoms in total. The van der Waals surface area contributed by atoms with Crippen LogP contribution in [0.4, 0.5) is 0 Å². The van der Waals surface area contributed by atoms with Crippen molar-refractivity contribution in [3.8, 4) is 0 Å². The molecule has 21 heavy (non-hydrogen) atoms. The summed E-state index contributed by atoms with van der Waals surface area (Å²) in [5.41, 5.74) is 6.72. The molecule has 8 heteroatoms. The van der Waals surface area contributed by atoms with Gasteiger partial charge in [-0.1, -0.05) is 0 Å². The largest absolute Gasteiger partial charge is 0.358 e. The molecule has 2 amide bonds. The lowest BCUT2D eigenvalue weighted by Gasteiger charge is -2.35. The second-order valence-corrected chi connectivity index (χ2v) is 5.20. The smallest absolute Gasteiger partial charge is 0.244 e. The van der Waals surface area contributed by atoms with Crippen molar-refractivity contribution in [1.82, 2.24) is 24.9 Å². The molecule has 1 aromatic heterocycles. The molecule has 1 saturated heterocycles. The van der Waals surface area contributed by atoms with Gasteiger partial charge in [0.25, 0.3) is 0 Å². The highest BCUT2D eigenvalue weighted by atomic mass is 16.2. The summed E-state index contributed by atoms with van der Waals surface area (Å²) in [5, 5.41) is 6.63. The summed E-state index contributed by atoms with van der Waals surface area (Å²) < 4.78 is 1.63. The van der Waals surface area contributed by atoms with Gasteiger partial charge in [0.1, 0.15) is 6.04 Å². The van der Waals surface area contributed by atoms with E-state index in [9.17, 15) is 9.59 Å². The number of carbonyl (C=O) groups is 2. The lowest BCUT2D eigenvalue weighted by molar-refractivity contribution is -0.134. The van der Waals surface area contributed by atoms with Crippen LogP contribution < -0.4 is 11.1 Å². The zero-order chi connectivity index (χ0) is 15.4. The molecule has 0 bridgehead atoms. The Balaban J connectivity index is 1.87. The first-order chi connectivity index (χ1) is 10.0. The SMILES string of the molecule is CNC(=O)CN1CCN(C(=O)C(N)c2cnn(C)c2)CC1. The molecule has 1 unspecified atom stereocenters. The Labute approximate surface area is 123 Å². The van der Waals surface area contributed by atoms with Gasteiger partial charge in [-0.05, 0) is 0 Å². The fourth-order valence-corrected chi connectivity index (χ4v) is 2.35. The Bertz CT molecular complexity index is 507. The number of carbonyl (C=O) groups excluding carboxylic acids is 2. The monoisotopic (exact) mass is 294 g/mol. The van der Waals surface area contributed by atoms with E-state index in [1.165, 1.54) is 0 Å². The van der Waals surface area contributed by atoms with Crippen molar-refractivity contribution in [2.45, 2.75) is 6.04 Å². The predicted octanol–water partition coefficient (Wildman–Crippen LogP) is -1.69. The zero-order valence-corrected chi connectivity index (χ0v) is 12.5. The molecular formula is C13H22N6O2. The molecule has 0 aliphatic carbocycles. The molecule has 0 aromatic carbocycles. The van der Waals surface area contributed by atoms with Crippen LogP contribution in [0, 0.1) is 0 Å². The molecule has 0 spiro atoms. The average Bonchev–Trinajstić information content (AvgIpc) is 2.93. The minimum absolute atomic E-state index is 0.0122. The van der Waals surface area contributed by atoms with Crippen LogP contribution >= 0.6 is 0 Å². The van der Waals surface area contributed by atoms with Crippen LogP contribution in [0.1, 0.15) is 11.6 Å². The van der Waals surface area contributed by atoms with Crippen LogP contribution in [-0.2, 0) is 16.6 Å². The number of rotatable bonds is 4. The van der Waals surface area contributed by atoms with Crippen LogP contribution in [-0.4, -0.2) is 71.2 Å². The first-order valence-corrected chi connectivity index (χ1v) is 6.97. The van der Waals surface area contributed by atoms with E-state index in [1.807, 2.05) is 4.90 Å². The molecule has 2 heterocycles. The number of hydrogen-bond donors (Lipinski definition) is 2. The maximum atomic E-state index is 12.4. The van der Waals surface area contributed by atoms with E-state index >= 15 is 0 Å². The molecule has 0 saturated carbocycles. The number of amides is 2. The van der Waals surface area contributed by atoms with Gasteiger partial charge in [-0.25, -0.2) is 0 Å². The van der Waals surface area contributed by atoms with E-state index in [4.69, 9.17) is 5.73 Å². The highest BCUT2D eigenvalue weighted by molar-refractivity contribution is 5.83. The average molecular weight is 294 g/mol. The van der Waals surface area contributed by atoms with Gasteiger partial charge in [-0.3, -0.25) is 19.2 Å². The Morgan fingerprint density at radius 1 is 1.38 bits per heavy atom. The minimum atomic E-state index is -0.677. The highest BCUT2D eigenvalue weighted by Gasteiger charge is 2.27. The van der Waals surface area contributed by atoms with Crippen molar-refractivity contribution in [3.63, 3.8) is 0 Å². The molecule has 1 aliphatic rings. The summed E-state index contributed by atoms with van der Waals surface area (Å²) >= 11 is 0. The second kappa shape index (κ2) is 6.68. The Morgan fingerprint density at radius 2 is 2.05 bits per heavy atom. The minimum Gasteiger partial charge on any atom is -0.358 e. The van der Waals surface area contributed by atoms with Crippen molar-refractivity contribution in [2.75, 3.05) is 39.8 Å². The van der Waals surface area contributed by atoms with Crippen molar-refractivity contribution >= 4 is 11.8 Å². The Kier molecular flexibility index (Phi) is 4.92. The summed E-state index contributed by atoms with van der Waals surface area (Å²) in [6.45, 7) is 2.90. The van der Waals surface area contributed by atoms with E-state index in [0.717, 1.165) is 5.56 Å². The summed E-state index contributed by atoms with van der Waals surface area (Å²) in [6, 6.07) is -0.677. The van der Waals surface area contributed by atoms with Gasteiger partial charge in [-0.2, -0.15) is 5.10 Å². The maximum absolute atomic E-state index is 12.4. The van der Waals surface area contributed by atoms with Gasteiger partial charge in [0, 0.05) is 52.0 Å². The number of nitrogens with zero attached hydrogens (tertiary/aromatic N) is 4. The summed E-state index contributed by atoms with van der Waals surface area (Å²) in [5.74, 6) is -0.107. The summed E-state index contributed by atoms with van der Waals surface area (Å²) in [4.78, 5) is 27.5. The molecule has 116 valence electrons. The van der Waals surface area contributed by atoms with E-state index in [-0.39, 0.29) is 11.8 Å². The van der Waals surface area contributed by atoms with E-state index in [1.54, 1.807) is 36.1 Å². The second-order valence-electron chi connectivity index (χ2n) is 5.20. The van der Waals surface area contributed by atoms with E-state index < -0.39 is 6.04 Å². The van der Waals surface area contributed by atoms with E-state index in [0.29, 0.717) is 32.7 Å². The standard InChI is InChI=1S/C13H22N6O2/c1-15-11(20)9-18-3-5-19(6-4-18)13(21)12(14)10-7-16-17(2)8-10/h7-8,12H,3-6,9,14H2,1-2H3,(H,15,20). The molecule has 1 aliphatic heterocycles. The summed E-state index contributed by atoms with van der Waals surface area (Å²) in [6.07, 6.45) is 3.37. The van der Waals surface area contributed by atoms with Gasteiger partial charge in [-0.15, -0.1) is 0 Å². The molecule has 1 atom stereocenters. The van der Waals surface area contributed by atoms with Crippen LogP contribution in [0.2, 0.25) is 0 Å². The zero-order valence-electron chi connectivity index (χ0n) is 12.5. The maximum Gasteiger partial charge on any atom is 0.244 e. The third-order valence-corrected chi connectivity index (χ3v) is 3.68. The van der Waals surface area contributed by atoms with Gasteiger partial charge in [0.15, 0.2) is 0 Å². The van der Waals surface area contributed by atoms with Crippen molar-refractivity contribution < 1.29 is 9.59 Å². The van der Waals surface area contributed by atoms with Gasteiger partial charge < -0.3 is 16.0 Å². The molecule has 1 fully saturated rings. The molecular weight excluding hydrogens is 272 g/mol. The van der Waals surface area contributed by atoms with Gasteiger partial charge in [0.2, 0.25) is 11.8 Å². The van der Waals surface area contributed by atoms with Crippen molar-refractivity contribution in [1.29, 1.82) is 0 Å². The predicted molar refractivity (Wildman–Crippen MR) is 77.2 cm³/mol. The molecule has 2 rings (SSSR count). The molecule has 0 radical (unpaired) electrons. The first kappa shape index (κ1) is 15.5. The van der Waals surface area contributed by atoms with Crippen molar-refractivity contribution in [2.24, 2.45) is 12.8 Å². The number of likely N-dealkylation sites (N-methyl/N-ethyl adjacent to an activating group) is 1. The quantitative estimate of drug-likeness (QED) is 0.691. The lowest BCUT2D eigenvalue weighted by Crippen LogP contribution is -2.52. The third kappa shape index (κ3) is 3.79. The van der Waals surface area contributed by atoms with Crippen LogP contribution in [0.25, 0.3) is 0 Å². The summed E-state index contributed by atoms with van der Waals surface area (Å²) in [7, 11) is 3.41.